The summed E-state index contributed by atoms with van der Waals surface area (Å²) in [6.45, 7) is 12.7. The molecule has 0 spiro atoms. The first-order chi connectivity index (χ1) is 17.9. The van der Waals surface area contributed by atoms with Crippen LogP contribution in [0.25, 0.3) is 0 Å². The molecule has 2 fully saturated rings. The minimum absolute atomic E-state index is 0.101. The van der Waals surface area contributed by atoms with Crippen molar-refractivity contribution in [3.63, 3.8) is 0 Å². The van der Waals surface area contributed by atoms with Crippen LogP contribution < -0.4 is 5.48 Å². The number of carbonyl (C=O) groups excluding carboxylic acids is 3. The van der Waals surface area contributed by atoms with Crippen LogP contribution in [0.5, 0.6) is 0 Å². The Labute approximate surface area is 232 Å². The highest BCUT2D eigenvalue weighted by molar-refractivity contribution is 5.79. The monoisotopic (exact) mass is 562 g/mol. The SMILES string of the molecule is CC(C)(C)OC(=O)N1CCC[C@@H](C(=O)O)C1.CNOC.CON(C)C(=O)[C@@H]1CCCN(C(=O)OC(C)(C)C)C1. The zero-order chi connectivity index (χ0) is 30.4. The van der Waals surface area contributed by atoms with E-state index in [2.05, 4.69) is 10.3 Å². The van der Waals surface area contributed by atoms with E-state index in [9.17, 15) is 19.2 Å². The Balaban J connectivity index is 0.000000658. The van der Waals surface area contributed by atoms with Gasteiger partial charge in [-0.15, -0.1) is 0 Å². The maximum atomic E-state index is 12.0. The number of carboxylic acids is 1. The normalized spacial score (nSPS) is 19.4. The van der Waals surface area contributed by atoms with Crippen molar-refractivity contribution >= 4 is 24.1 Å². The van der Waals surface area contributed by atoms with E-state index in [-0.39, 0.29) is 24.5 Å². The van der Waals surface area contributed by atoms with Gasteiger partial charge in [0.2, 0.25) is 0 Å². The molecule has 0 aliphatic carbocycles. The first-order valence-corrected chi connectivity index (χ1v) is 13.2. The fraction of sp³-hybridized carbons (Fsp3) is 0.846. The van der Waals surface area contributed by atoms with Gasteiger partial charge in [0.25, 0.3) is 5.91 Å². The predicted molar refractivity (Wildman–Crippen MR) is 145 cm³/mol. The molecule has 13 heteroatoms. The van der Waals surface area contributed by atoms with Crippen LogP contribution in [0.2, 0.25) is 0 Å². The Morgan fingerprint density at radius 2 is 1.21 bits per heavy atom. The average Bonchev–Trinajstić information content (AvgIpc) is 2.86. The van der Waals surface area contributed by atoms with Crippen molar-refractivity contribution in [3.8, 4) is 0 Å². The second-order valence-electron chi connectivity index (χ2n) is 11.3. The van der Waals surface area contributed by atoms with Crippen LogP contribution in [0.3, 0.4) is 0 Å². The van der Waals surface area contributed by atoms with Crippen LogP contribution >= 0.6 is 0 Å². The number of nitrogens with zero attached hydrogens (tertiary/aromatic N) is 3. The lowest BCUT2D eigenvalue weighted by Gasteiger charge is -2.34. The van der Waals surface area contributed by atoms with E-state index in [1.165, 1.54) is 17.1 Å². The first-order valence-electron chi connectivity index (χ1n) is 13.2. The second-order valence-corrected chi connectivity index (χ2v) is 11.3. The number of hydroxylamine groups is 3. The van der Waals surface area contributed by atoms with E-state index >= 15 is 0 Å². The smallest absolute Gasteiger partial charge is 0.410 e. The topological polar surface area (TPSA) is 147 Å². The molecule has 2 aliphatic rings. The van der Waals surface area contributed by atoms with Gasteiger partial charge >= 0.3 is 18.2 Å². The Bertz CT molecular complexity index is 778. The zero-order valence-corrected chi connectivity index (χ0v) is 25.4. The van der Waals surface area contributed by atoms with Gasteiger partial charge in [0.1, 0.15) is 11.2 Å². The maximum absolute atomic E-state index is 12.0. The zero-order valence-electron chi connectivity index (χ0n) is 25.4. The van der Waals surface area contributed by atoms with Gasteiger partial charge in [-0.05, 0) is 67.2 Å². The Morgan fingerprint density at radius 1 is 0.821 bits per heavy atom. The average molecular weight is 563 g/mol. The van der Waals surface area contributed by atoms with Crippen LogP contribution in [-0.2, 0) is 28.7 Å². The molecule has 2 N–H and O–H groups in total. The summed E-state index contributed by atoms with van der Waals surface area (Å²) in [5.74, 6) is -1.61. The standard InChI is InChI=1S/C13H24N2O4.C11H19NO4.C2H7NO/c1-13(2,3)19-12(17)15-8-6-7-10(9-15)11(16)14(4)18-5;1-11(2,3)16-10(15)12-6-4-5-8(7-12)9(13)14;1-3-4-2/h10H,6-9H2,1-5H3;8H,4-7H2,1-3H3,(H,13,14);3H,1-2H3/t10-;8-;/m11./s1. The summed E-state index contributed by atoms with van der Waals surface area (Å²) >= 11 is 0. The summed E-state index contributed by atoms with van der Waals surface area (Å²) in [5.41, 5.74) is 1.38. The highest BCUT2D eigenvalue weighted by Crippen LogP contribution is 2.21. The summed E-state index contributed by atoms with van der Waals surface area (Å²) in [7, 11) is 6.31. The Kier molecular flexibility index (Phi) is 16.0. The number of piperidine rings is 2. The van der Waals surface area contributed by atoms with E-state index in [4.69, 9.17) is 19.4 Å². The molecule has 2 rings (SSSR count). The van der Waals surface area contributed by atoms with E-state index in [1.54, 1.807) is 46.9 Å². The minimum atomic E-state index is -0.840. The number of hydrogen-bond donors (Lipinski definition) is 2. The Hall–Kier alpha value is -2.64. The molecule has 2 aliphatic heterocycles. The van der Waals surface area contributed by atoms with Crippen molar-refractivity contribution < 1.29 is 43.4 Å². The highest BCUT2D eigenvalue weighted by Gasteiger charge is 2.33. The quantitative estimate of drug-likeness (QED) is 0.490. The third kappa shape index (κ3) is 15.5. The van der Waals surface area contributed by atoms with Crippen LogP contribution in [0.1, 0.15) is 67.2 Å². The van der Waals surface area contributed by atoms with E-state index in [1.807, 2.05) is 20.8 Å². The summed E-state index contributed by atoms with van der Waals surface area (Å²) in [5, 5.41) is 10.1. The number of aliphatic carboxylic acids is 1. The largest absolute Gasteiger partial charge is 0.481 e. The number of hydrogen-bond acceptors (Lipinski definition) is 9. The summed E-state index contributed by atoms with van der Waals surface area (Å²) in [4.78, 5) is 58.8. The number of likely N-dealkylation sites (tertiary alicyclic amines) is 2. The summed E-state index contributed by atoms with van der Waals surface area (Å²) < 4.78 is 10.5. The number of carboxylic acid groups (broad SMARTS) is 1. The lowest BCUT2D eigenvalue weighted by atomic mass is 9.97. The summed E-state index contributed by atoms with van der Waals surface area (Å²) in [6, 6.07) is 0. The molecule has 2 heterocycles. The van der Waals surface area contributed by atoms with Gasteiger partial charge < -0.3 is 29.2 Å². The molecule has 0 aromatic heterocycles. The molecule has 39 heavy (non-hydrogen) atoms. The fourth-order valence-corrected chi connectivity index (χ4v) is 3.69. The number of amides is 3. The molecule has 0 saturated carbocycles. The van der Waals surface area contributed by atoms with Gasteiger partial charge in [-0.1, -0.05) is 0 Å². The molecule has 0 unspecified atom stereocenters. The molecule has 13 nitrogen and oxygen atoms in total. The van der Waals surface area contributed by atoms with Gasteiger partial charge in [0.15, 0.2) is 0 Å². The maximum Gasteiger partial charge on any atom is 0.410 e. The van der Waals surface area contributed by atoms with Crippen LogP contribution in [0.4, 0.5) is 9.59 Å². The van der Waals surface area contributed by atoms with Gasteiger partial charge in [-0.25, -0.2) is 20.1 Å². The van der Waals surface area contributed by atoms with Crippen molar-refractivity contribution in [3.05, 3.63) is 0 Å². The molecule has 0 aromatic rings. The number of nitrogens with one attached hydrogen (secondary N) is 1. The molecule has 2 saturated heterocycles. The van der Waals surface area contributed by atoms with Gasteiger partial charge in [-0.2, -0.15) is 0 Å². The van der Waals surface area contributed by atoms with E-state index in [0.29, 0.717) is 26.1 Å². The molecule has 0 bridgehead atoms. The minimum Gasteiger partial charge on any atom is -0.481 e. The van der Waals surface area contributed by atoms with Gasteiger partial charge in [0.05, 0.1) is 26.1 Å². The van der Waals surface area contributed by atoms with Crippen molar-refractivity contribution in [1.82, 2.24) is 20.3 Å². The third-order valence-electron chi connectivity index (χ3n) is 5.63. The highest BCUT2D eigenvalue weighted by atomic mass is 16.7. The second kappa shape index (κ2) is 17.1. The van der Waals surface area contributed by atoms with Crippen LogP contribution in [0, 0.1) is 11.8 Å². The van der Waals surface area contributed by atoms with E-state index < -0.39 is 29.2 Å². The van der Waals surface area contributed by atoms with Crippen LogP contribution in [-0.4, -0.2) is 110 Å². The molecule has 0 aromatic carbocycles. The summed E-state index contributed by atoms with van der Waals surface area (Å²) in [6.07, 6.45) is 2.15. The van der Waals surface area contributed by atoms with Gasteiger partial charge in [-0.3, -0.25) is 14.4 Å². The predicted octanol–water partition coefficient (Wildman–Crippen LogP) is 3.14. The van der Waals surface area contributed by atoms with E-state index in [0.717, 1.165) is 19.3 Å². The molecular weight excluding hydrogens is 512 g/mol. The van der Waals surface area contributed by atoms with Crippen molar-refractivity contribution in [2.45, 2.75) is 78.4 Å². The van der Waals surface area contributed by atoms with Crippen molar-refractivity contribution in [2.24, 2.45) is 11.8 Å². The Morgan fingerprint density at radius 3 is 1.54 bits per heavy atom. The molecule has 0 radical (unpaired) electrons. The van der Waals surface area contributed by atoms with Crippen LogP contribution in [0.15, 0.2) is 0 Å². The van der Waals surface area contributed by atoms with Crippen molar-refractivity contribution in [2.75, 3.05) is 54.5 Å². The fourth-order valence-electron chi connectivity index (χ4n) is 3.69. The van der Waals surface area contributed by atoms with Gasteiger partial charge in [0, 0.05) is 40.3 Å². The number of rotatable bonds is 4. The molecule has 2 atom stereocenters. The molecule has 228 valence electrons. The molecular formula is C26H50N4O9. The number of ether oxygens (including phenoxy) is 2. The lowest BCUT2D eigenvalue weighted by molar-refractivity contribution is -0.174. The molecule has 3 amide bonds. The number of carbonyl (C=O) groups is 4. The lowest BCUT2D eigenvalue weighted by Crippen LogP contribution is -2.47. The third-order valence-corrected chi connectivity index (χ3v) is 5.63. The van der Waals surface area contributed by atoms with Crippen molar-refractivity contribution in [1.29, 1.82) is 0 Å². The first kappa shape index (κ1) is 36.4.